The van der Waals surface area contributed by atoms with Crippen molar-refractivity contribution in [1.82, 2.24) is 15.0 Å². The fourth-order valence-corrected chi connectivity index (χ4v) is 2.72. The van der Waals surface area contributed by atoms with E-state index in [4.69, 9.17) is 5.73 Å². The van der Waals surface area contributed by atoms with E-state index in [1.165, 1.54) is 11.3 Å². The fraction of sp³-hybridized carbons (Fsp3) is 0.300. The molecule has 0 fully saturated rings. The van der Waals surface area contributed by atoms with Crippen LogP contribution in [0.2, 0.25) is 0 Å². The second kappa shape index (κ2) is 4.62. The van der Waals surface area contributed by atoms with Crippen LogP contribution in [0.1, 0.15) is 25.5 Å². The second-order valence-corrected chi connectivity index (χ2v) is 5.62. The van der Waals surface area contributed by atoms with Gasteiger partial charge >= 0.3 is 0 Å². The van der Waals surface area contributed by atoms with Crippen molar-refractivity contribution >= 4 is 39.7 Å². The number of thiazole rings is 1. The normalized spacial score (nSPS) is 11.0. The molecule has 2 heterocycles. The Morgan fingerprint density at radius 2 is 2.12 bits per heavy atom. The maximum Gasteiger partial charge on any atom is 0.173 e. The van der Waals surface area contributed by atoms with Crippen LogP contribution in [0.25, 0.3) is 10.7 Å². The molecule has 0 bridgehead atoms. The van der Waals surface area contributed by atoms with Crippen LogP contribution in [0.4, 0.5) is 5.82 Å². The summed E-state index contributed by atoms with van der Waals surface area (Å²) < 4.78 is 0.945. The first-order valence-electron chi connectivity index (χ1n) is 4.81. The molecule has 0 saturated heterocycles. The summed E-state index contributed by atoms with van der Waals surface area (Å²) in [6, 6.07) is 0. The molecule has 6 heteroatoms. The highest BCUT2D eigenvalue weighted by atomic mass is 127. The minimum Gasteiger partial charge on any atom is -0.383 e. The van der Waals surface area contributed by atoms with Crippen LogP contribution >= 0.6 is 33.9 Å². The summed E-state index contributed by atoms with van der Waals surface area (Å²) in [6.07, 6.45) is 1.76. The molecule has 0 aliphatic carbocycles. The van der Waals surface area contributed by atoms with Crippen molar-refractivity contribution in [2.24, 2.45) is 0 Å². The molecule has 2 N–H and O–H groups in total. The van der Waals surface area contributed by atoms with Gasteiger partial charge in [0.25, 0.3) is 0 Å². The highest BCUT2D eigenvalue weighted by Crippen LogP contribution is 2.27. The Kier molecular flexibility index (Phi) is 3.38. The van der Waals surface area contributed by atoms with Crippen molar-refractivity contribution in [2.45, 2.75) is 19.8 Å². The lowest BCUT2D eigenvalue weighted by molar-refractivity contribution is 0.810. The van der Waals surface area contributed by atoms with Gasteiger partial charge in [0, 0.05) is 6.20 Å². The zero-order valence-electron chi connectivity index (χ0n) is 8.94. The predicted molar refractivity (Wildman–Crippen MR) is 74.4 cm³/mol. The van der Waals surface area contributed by atoms with Gasteiger partial charge in [0.1, 0.15) is 5.82 Å². The monoisotopic (exact) mass is 346 g/mol. The predicted octanol–water partition coefficient (Wildman–Crippen LogP) is 2.91. The first kappa shape index (κ1) is 11.7. The third kappa shape index (κ3) is 2.17. The summed E-state index contributed by atoms with van der Waals surface area (Å²) in [6.45, 7) is 4.20. The van der Waals surface area contributed by atoms with Crippen LogP contribution in [-0.2, 0) is 0 Å². The van der Waals surface area contributed by atoms with E-state index in [1.807, 2.05) is 0 Å². The summed E-state index contributed by atoms with van der Waals surface area (Å²) in [5, 5.41) is 0. The lowest BCUT2D eigenvalue weighted by Gasteiger charge is -2.10. The number of rotatable bonds is 2. The quantitative estimate of drug-likeness (QED) is 0.850. The number of halogens is 1. The lowest BCUT2D eigenvalue weighted by Crippen LogP contribution is -2.05. The van der Waals surface area contributed by atoms with Gasteiger partial charge in [0.15, 0.2) is 5.82 Å². The van der Waals surface area contributed by atoms with E-state index in [0.29, 0.717) is 17.6 Å². The number of anilines is 1. The van der Waals surface area contributed by atoms with Crippen molar-refractivity contribution in [1.29, 1.82) is 0 Å². The van der Waals surface area contributed by atoms with Crippen LogP contribution in [0.15, 0.2) is 11.7 Å². The van der Waals surface area contributed by atoms with E-state index in [-0.39, 0.29) is 0 Å². The average molecular weight is 346 g/mol. The first-order chi connectivity index (χ1) is 7.59. The molecule has 0 amide bonds. The van der Waals surface area contributed by atoms with Crippen LogP contribution < -0.4 is 5.73 Å². The maximum atomic E-state index is 5.89. The molecule has 0 aliphatic rings. The molecule has 0 aliphatic heterocycles. The minimum absolute atomic E-state index is 0.337. The molecule has 0 spiro atoms. The Balaban J connectivity index is 2.57. The zero-order chi connectivity index (χ0) is 11.7. The largest absolute Gasteiger partial charge is 0.383 e. The Morgan fingerprint density at radius 3 is 2.69 bits per heavy atom. The molecule has 84 valence electrons. The van der Waals surface area contributed by atoms with E-state index in [2.05, 4.69) is 51.4 Å². The molecule has 2 aromatic rings. The van der Waals surface area contributed by atoms with Crippen molar-refractivity contribution in [3.05, 3.63) is 21.0 Å². The Morgan fingerprint density at radius 1 is 1.38 bits per heavy atom. The van der Waals surface area contributed by atoms with Gasteiger partial charge in [-0.05, 0) is 28.5 Å². The van der Waals surface area contributed by atoms with Crippen LogP contribution in [0.3, 0.4) is 0 Å². The molecule has 0 atom stereocenters. The second-order valence-electron chi connectivity index (χ2n) is 3.65. The van der Waals surface area contributed by atoms with Gasteiger partial charge in [0.2, 0.25) is 0 Å². The van der Waals surface area contributed by atoms with E-state index in [0.717, 1.165) is 14.1 Å². The van der Waals surface area contributed by atoms with Gasteiger partial charge in [-0.25, -0.2) is 9.97 Å². The van der Waals surface area contributed by atoms with Crippen LogP contribution in [0.5, 0.6) is 0 Å². The van der Waals surface area contributed by atoms with Gasteiger partial charge < -0.3 is 5.73 Å². The number of hydrogen-bond acceptors (Lipinski definition) is 5. The van der Waals surface area contributed by atoms with Gasteiger partial charge in [-0.3, -0.25) is 4.98 Å². The summed E-state index contributed by atoms with van der Waals surface area (Å²) in [5.74, 6) is 1.55. The Bertz CT molecular complexity index is 496. The van der Waals surface area contributed by atoms with Gasteiger partial charge in [-0.15, -0.1) is 11.3 Å². The van der Waals surface area contributed by atoms with Crippen molar-refractivity contribution in [3.8, 4) is 10.7 Å². The Hall–Kier alpha value is -0.760. The SMILES string of the molecule is CC(C)c1nc(-c2cncs2)nc(N)c1I. The van der Waals surface area contributed by atoms with Gasteiger partial charge in [0.05, 0.1) is 19.7 Å². The minimum atomic E-state index is 0.337. The molecule has 0 aromatic carbocycles. The van der Waals surface area contributed by atoms with Crippen molar-refractivity contribution in [3.63, 3.8) is 0 Å². The lowest BCUT2D eigenvalue weighted by atomic mass is 10.1. The highest BCUT2D eigenvalue weighted by molar-refractivity contribution is 14.1. The van der Waals surface area contributed by atoms with E-state index in [1.54, 1.807) is 11.7 Å². The molecule has 0 radical (unpaired) electrons. The van der Waals surface area contributed by atoms with E-state index in [9.17, 15) is 0 Å². The molecule has 2 aromatic heterocycles. The first-order valence-corrected chi connectivity index (χ1v) is 6.77. The number of nitrogens with two attached hydrogens (primary N) is 1. The smallest absolute Gasteiger partial charge is 0.173 e. The third-order valence-corrected chi connectivity index (χ3v) is 3.98. The van der Waals surface area contributed by atoms with Gasteiger partial charge in [-0.2, -0.15) is 0 Å². The van der Waals surface area contributed by atoms with E-state index < -0.39 is 0 Å². The number of nitrogen functional groups attached to an aromatic ring is 1. The third-order valence-electron chi connectivity index (χ3n) is 2.10. The summed E-state index contributed by atoms with van der Waals surface area (Å²) in [7, 11) is 0. The van der Waals surface area contributed by atoms with Crippen LogP contribution in [0, 0.1) is 3.57 Å². The maximum absolute atomic E-state index is 5.89. The summed E-state index contributed by atoms with van der Waals surface area (Å²) >= 11 is 3.71. The highest BCUT2D eigenvalue weighted by Gasteiger charge is 2.14. The molecule has 2 rings (SSSR count). The molecular weight excluding hydrogens is 335 g/mol. The standard InChI is InChI=1S/C10H11IN4S/c1-5(2)8-7(11)9(12)15-10(14-8)6-3-13-4-16-6/h3-5H,1-2H3,(H2,12,14,15). The topological polar surface area (TPSA) is 64.7 Å². The van der Waals surface area contributed by atoms with E-state index >= 15 is 0 Å². The van der Waals surface area contributed by atoms with Crippen molar-refractivity contribution < 1.29 is 0 Å². The number of aromatic nitrogens is 3. The molecule has 0 saturated carbocycles. The van der Waals surface area contributed by atoms with Gasteiger partial charge in [-0.1, -0.05) is 13.8 Å². The summed E-state index contributed by atoms with van der Waals surface area (Å²) in [5.41, 5.74) is 8.65. The average Bonchev–Trinajstić information content (AvgIpc) is 2.74. The molecule has 16 heavy (non-hydrogen) atoms. The van der Waals surface area contributed by atoms with Crippen molar-refractivity contribution in [2.75, 3.05) is 5.73 Å². The number of nitrogens with zero attached hydrogens (tertiary/aromatic N) is 3. The fourth-order valence-electron chi connectivity index (χ4n) is 1.30. The number of hydrogen-bond donors (Lipinski definition) is 1. The molecule has 4 nitrogen and oxygen atoms in total. The molecular formula is C10H11IN4S. The zero-order valence-corrected chi connectivity index (χ0v) is 11.9. The molecule has 0 unspecified atom stereocenters. The Labute approximate surface area is 111 Å². The van der Waals surface area contributed by atoms with Crippen LogP contribution in [-0.4, -0.2) is 15.0 Å². The summed E-state index contributed by atoms with van der Waals surface area (Å²) in [4.78, 5) is 13.8.